The lowest BCUT2D eigenvalue weighted by atomic mass is 9.94. The third-order valence-corrected chi connectivity index (χ3v) is 5.24. The highest BCUT2D eigenvalue weighted by molar-refractivity contribution is 9.10. The van der Waals surface area contributed by atoms with Crippen molar-refractivity contribution < 1.29 is 0 Å². The number of benzene rings is 1. The number of rotatable bonds is 4. The third kappa shape index (κ3) is 3.43. The largest absolute Gasteiger partial charge is 0.327 e. The normalized spacial score (nSPS) is 17.7. The summed E-state index contributed by atoms with van der Waals surface area (Å²) in [5.41, 5.74) is 2.23. The van der Waals surface area contributed by atoms with Gasteiger partial charge < -0.3 is 9.47 Å². The van der Waals surface area contributed by atoms with Crippen molar-refractivity contribution in [3.05, 3.63) is 28.5 Å². The quantitative estimate of drug-likeness (QED) is 0.749. The van der Waals surface area contributed by atoms with Crippen molar-refractivity contribution in [3.8, 4) is 0 Å². The summed E-state index contributed by atoms with van der Waals surface area (Å²) in [7, 11) is 2.21. The zero-order valence-corrected chi connectivity index (χ0v) is 14.7. The van der Waals surface area contributed by atoms with Gasteiger partial charge >= 0.3 is 0 Å². The van der Waals surface area contributed by atoms with E-state index >= 15 is 0 Å². The summed E-state index contributed by atoms with van der Waals surface area (Å²) >= 11 is 9.59. The van der Waals surface area contributed by atoms with E-state index in [-0.39, 0.29) is 0 Å². The first-order chi connectivity index (χ1) is 10.2. The first kappa shape index (κ1) is 15.3. The molecule has 0 amide bonds. The predicted molar refractivity (Wildman–Crippen MR) is 91.8 cm³/mol. The van der Waals surface area contributed by atoms with E-state index in [1.807, 2.05) is 0 Å². The second-order valence-corrected chi connectivity index (χ2v) is 7.16. The average molecular weight is 371 g/mol. The molecule has 114 valence electrons. The molecule has 1 aromatic carbocycles. The van der Waals surface area contributed by atoms with Gasteiger partial charge in [-0.2, -0.15) is 0 Å². The Balaban J connectivity index is 1.76. The lowest BCUT2D eigenvalue weighted by Crippen LogP contribution is -2.30. The van der Waals surface area contributed by atoms with Crippen molar-refractivity contribution in [1.82, 2.24) is 14.5 Å². The third-order valence-electron chi connectivity index (χ3n) is 4.51. The summed E-state index contributed by atoms with van der Waals surface area (Å²) in [6.07, 6.45) is 3.84. The number of aromatic nitrogens is 2. The van der Waals surface area contributed by atoms with Crippen LogP contribution in [0.3, 0.4) is 0 Å². The first-order valence-electron chi connectivity index (χ1n) is 7.56. The van der Waals surface area contributed by atoms with Crippen LogP contribution in [0.5, 0.6) is 0 Å². The molecule has 0 aliphatic carbocycles. The van der Waals surface area contributed by atoms with Gasteiger partial charge in [-0.3, -0.25) is 0 Å². The number of aryl methyl sites for hydroxylation is 1. The highest BCUT2D eigenvalue weighted by Gasteiger charge is 2.18. The maximum Gasteiger partial charge on any atom is 0.124 e. The molecule has 1 aromatic heterocycles. The molecule has 3 rings (SSSR count). The summed E-state index contributed by atoms with van der Waals surface area (Å²) < 4.78 is 3.36. The molecule has 0 atom stereocenters. The van der Waals surface area contributed by atoms with E-state index in [1.54, 1.807) is 0 Å². The maximum atomic E-state index is 6.08. The lowest BCUT2D eigenvalue weighted by molar-refractivity contribution is 0.208. The second kappa shape index (κ2) is 6.67. The van der Waals surface area contributed by atoms with Crippen LogP contribution in [0.4, 0.5) is 0 Å². The standard InChI is InChI=1S/C16H21BrClN3/c1-20-7-4-12(5-8-20)6-9-21-15-3-2-13(17)10-14(15)19-16(21)11-18/h2-3,10,12H,4-9,11H2,1H3. The smallest absolute Gasteiger partial charge is 0.124 e. The number of likely N-dealkylation sites (tertiary alicyclic amines) is 1. The maximum absolute atomic E-state index is 6.08. The molecule has 1 fully saturated rings. The molecule has 5 heteroatoms. The SMILES string of the molecule is CN1CCC(CCn2c(CCl)nc3cc(Br)ccc32)CC1. The first-order valence-corrected chi connectivity index (χ1v) is 8.89. The summed E-state index contributed by atoms with van der Waals surface area (Å²) in [4.78, 5) is 7.08. The molecule has 1 saturated heterocycles. The van der Waals surface area contributed by atoms with Crippen LogP contribution in [0.2, 0.25) is 0 Å². The highest BCUT2D eigenvalue weighted by atomic mass is 79.9. The van der Waals surface area contributed by atoms with E-state index in [4.69, 9.17) is 11.6 Å². The molecule has 0 bridgehead atoms. The van der Waals surface area contributed by atoms with Crippen molar-refractivity contribution in [2.24, 2.45) is 5.92 Å². The summed E-state index contributed by atoms with van der Waals surface area (Å²) in [5.74, 6) is 2.29. The Morgan fingerprint density at radius 3 is 2.81 bits per heavy atom. The van der Waals surface area contributed by atoms with Gasteiger partial charge in [0.2, 0.25) is 0 Å². The molecule has 3 nitrogen and oxygen atoms in total. The Bertz CT molecular complexity index is 617. The van der Waals surface area contributed by atoms with E-state index in [2.05, 4.69) is 55.6 Å². The number of fused-ring (bicyclic) bond motifs is 1. The zero-order valence-electron chi connectivity index (χ0n) is 12.4. The molecule has 0 N–H and O–H groups in total. The minimum atomic E-state index is 0.472. The number of nitrogens with zero attached hydrogens (tertiary/aromatic N) is 3. The second-order valence-electron chi connectivity index (χ2n) is 5.98. The number of piperidine rings is 1. The van der Waals surface area contributed by atoms with Crippen molar-refractivity contribution in [3.63, 3.8) is 0 Å². The van der Waals surface area contributed by atoms with Crippen LogP contribution >= 0.6 is 27.5 Å². The van der Waals surface area contributed by atoms with Gasteiger partial charge in [-0.25, -0.2) is 4.98 Å². The highest BCUT2D eigenvalue weighted by Crippen LogP contribution is 2.25. The van der Waals surface area contributed by atoms with Crippen molar-refractivity contribution in [1.29, 1.82) is 0 Å². The number of hydrogen-bond acceptors (Lipinski definition) is 2. The lowest BCUT2D eigenvalue weighted by Gasteiger charge is -2.29. The average Bonchev–Trinajstić information content (AvgIpc) is 2.83. The molecule has 0 radical (unpaired) electrons. The van der Waals surface area contributed by atoms with Crippen molar-refractivity contribution >= 4 is 38.6 Å². The molecule has 0 saturated carbocycles. The predicted octanol–water partition coefficient (Wildman–Crippen LogP) is 4.27. The van der Waals surface area contributed by atoms with E-state index in [0.29, 0.717) is 5.88 Å². The van der Waals surface area contributed by atoms with Crippen LogP contribution in [0.25, 0.3) is 11.0 Å². The Morgan fingerprint density at radius 2 is 2.10 bits per heavy atom. The minimum Gasteiger partial charge on any atom is -0.327 e. The van der Waals surface area contributed by atoms with E-state index in [1.165, 1.54) is 37.9 Å². The van der Waals surface area contributed by atoms with Gasteiger partial charge in [-0.15, -0.1) is 11.6 Å². The molecule has 2 heterocycles. The summed E-state index contributed by atoms with van der Waals surface area (Å²) in [6, 6.07) is 6.28. The number of alkyl halides is 1. The molecule has 0 spiro atoms. The Morgan fingerprint density at radius 1 is 1.33 bits per heavy atom. The van der Waals surface area contributed by atoms with Gasteiger partial charge in [0.1, 0.15) is 5.82 Å². The Labute approximate surface area is 139 Å². The van der Waals surface area contributed by atoms with Crippen LogP contribution in [0.15, 0.2) is 22.7 Å². The fourth-order valence-electron chi connectivity index (χ4n) is 3.17. The number of hydrogen-bond donors (Lipinski definition) is 0. The summed E-state index contributed by atoms with van der Waals surface area (Å²) in [6.45, 7) is 3.48. The minimum absolute atomic E-state index is 0.472. The van der Waals surface area contributed by atoms with Gasteiger partial charge in [0, 0.05) is 11.0 Å². The summed E-state index contributed by atoms with van der Waals surface area (Å²) in [5, 5.41) is 0. The fourth-order valence-corrected chi connectivity index (χ4v) is 3.72. The molecule has 0 unspecified atom stereocenters. The topological polar surface area (TPSA) is 21.1 Å². The van der Waals surface area contributed by atoms with Gasteiger partial charge in [-0.1, -0.05) is 15.9 Å². The monoisotopic (exact) mass is 369 g/mol. The molecule has 1 aliphatic rings. The zero-order chi connectivity index (χ0) is 14.8. The van der Waals surface area contributed by atoms with E-state index in [0.717, 1.165) is 28.3 Å². The van der Waals surface area contributed by atoms with E-state index in [9.17, 15) is 0 Å². The Hall–Kier alpha value is -0.580. The van der Waals surface area contributed by atoms with Gasteiger partial charge in [0.25, 0.3) is 0 Å². The van der Waals surface area contributed by atoms with Crippen LogP contribution < -0.4 is 0 Å². The van der Waals surface area contributed by atoms with Crippen LogP contribution in [0.1, 0.15) is 25.1 Å². The van der Waals surface area contributed by atoms with Gasteiger partial charge in [0.05, 0.1) is 16.9 Å². The molecule has 1 aliphatic heterocycles. The van der Waals surface area contributed by atoms with Crippen LogP contribution in [0, 0.1) is 5.92 Å². The Kier molecular flexibility index (Phi) is 4.87. The van der Waals surface area contributed by atoms with Crippen LogP contribution in [-0.4, -0.2) is 34.6 Å². The molecular weight excluding hydrogens is 350 g/mol. The van der Waals surface area contributed by atoms with Crippen LogP contribution in [-0.2, 0) is 12.4 Å². The van der Waals surface area contributed by atoms with E-state index < -0.39 is 0 Å². The van der Waals surface area contributed by atoms with Gasteiger partial charge in [0.15, 0.2) is 0 Å². The van der Waals surface area contributed by atoms with Crippen molar-refractivity contribution in [2.75, 3.05) is 20.1 Å². The molecule has 21 heavy (non-hydrogen) atoms. The molecule has 2 aromatic rings. The number of imidazole rings is 1. The fraction of sp³-hybridized carbons (Fsp3) is 0.562. The number of halogens is 2. The van der Waals surface area contributed by atoms with Crippen molar-refractivity contribution in [2.45, 2.75) is 31.7 Å². The van der Waals surface area contributed by atoms with Gasteiger partial charge in [-0.05, 0) is 63.5 Å². The molecular formula is C16H21BrClN3.